The highest BCUT2D eigenvalue weighted by atomic mass is 19.1. The van der Waals surface area contributed by atoms with Gasteiger partial charge in [0.1, 0.15) is 5.82 Å². The lowest BCUT2D eigenvalue weighted by molar-refractivity contribution is 0.325. The molecule has 0 atom stereocenters. The molecule has 21 heavy (non-hydrogen) atoms. The first kappa shape index (κ1) is 15.1. The topological polar surface area (TPSA) is 53.7 Å². The SMILES string of the molecule is COc1ccc(-c2ccc(F)c(CN)c2)c(OC)c1OC. The van der Waals surface area contributed by atoms with Crippen LogP contribution in [0.2, 0.25) is 0 Å². The largest absolute Gasteiger partial charge is 0.493 e. The van der Waals surface area contributed by atoms with Crippen LogP contribution in [0.3, 0.4) is 0 Å². The Balaban J connectivity index is 2.63. The van der Waals surface area contributed by atoms with E-state index in [2.05, 4.69) is 0 Å². The fourth-order valence-corrected chi connectivity index (χ4v) is 2.23. The van der Waals surface area contributed by atoms with Gasteiger partial charge in [-0.15, -0.1) is 0 Å². The Morgan fingerprint density at radius 2 is 1.67 bits per heavy atom. The molecule has 0 aliphatic carbocycles. The van der Waals surface area contributed by atoms with Crippen LogP contribution < -0.4 is 19.9 Å². The van der Waals surface area contributed by atoms with E-state index in [0.717, 1.165) is 11.1 Å². The number of methoxy groups -OCH3 is 3. The van der Waals surface area contributed by atoms with Gasteiger partial charge in [-0.05, 0) is 29.8 Å². The summed E-state index contributed by atoms with van der Waals surface area (Å²) in [6, 6.07) is 8.40. The predicted molar refractivity (Wildman–Crippen MR) is 79.4 cm³/mol. The van der Waals surface area contributed by atoms with Crippen LogP contribution in [-0.2, 0) is 6.54 Å². The molecule has 2 N–H and O–H groups in total. The zero-order chi connectivity index (χ0) is 15.4. The molecule has 4 nitrogen and oxygen atoms in total. The van der Waals surface area contributed by atoms with Crippen LogP contribution in [0, 0.1) is 5.82 Å². The average Bonchev–Trinajstić information content (AvgIpc) is 2.53. The maximum Gasteiger partial charge on any atom is 0.203 e. The molecule has 0 spiro atoms. The highest BCUT2D eigenvalue weighted by Crippen LogP contribution is 2.44. The third-order valence-corrected chi connectivity index (χ3v) is 3.28. The lowest BCUT2D eigenvalue weighted by atomic mass is 10.0. The number of halogens is 1. The smallest absolute Gasteiger partial charge is 0.203 e. The van der Waals surface area contributed by atoms with Crippen LogP contribution in [0.15, 0.2) is 30.3 Å². The summed E-state index contributed by atoms with van der Waals surface area (Å²) in [5.74, 6) is 1.28. The van der Waals surface area contributed by atoms with Gasteiger partial charge in [-0.2, -0.15) is 0 Å². The van der Waals surface area contributed by atoms with Crippen molar-refractivity contribution in [2.45, 2.75) is 6.54 Å². The third kappa shape index (κ3) is 2.78. The van der Waals surface area contributed by atoms with Crippen molar-refractivity contribution in [2.75, 3.05) is 21.3 Å². The van der Waals surface area contributed by atoms with Gasteiger partial charge in [-0.25, -0.2) is 4.39 Å². The molecular weight excluding hydrogens is 273 g/mol. The fraction of sp³-hybridized carbons (Fsp3) is 0.250. The van der Waals surface area contributed by atoms with Crippen molar-refractivity contribution in [3.8, 4) is 28.4 Å². The van der Waals surface area contributed by atoms with Gasteiger partial charge in [0.05, 0.1) is 21.3 Å². The summed E-state index contributed by atoms with van der Waals surface area (Å²) in [5, 5.41) is 0. The first-order chi connectivity index (χ1) is 10.2. The van der Waals surface area contributed by atoms with Crippen LogP contribution in [0.25, 0.3) is 11.1 Å². The fourth-order valence-electron chi connectivity index (χ4n) is 2.23. The van der Waals surface area contributed by atoms with Gasteiger partial charge in [0.15, 0.2) is 11.5 Å². The van der Waals surface area contributed by atoms with Gasteiger partial charge >= 0.3 is 0 Å². The van der Waals surface area contributed by atoms with E-state index in [1.807, 2.05) is 6.07 Å². The molecule has 2 rings (SSSR count). The lowest BCUT2D eigenvalue weighted by Crippen LogP contribution is -2.01. The molecule has 5 heteroatoms. The molecule has 112 valence electrons. The van der Waals surface area contributed by atoms with Crippen molar-refractivity contribution in [3.63, 3.8) is 0 Å². The van der Waals surface area contributed by atoms with E-state index in [-0.39, 0.29) is 12.4 Å². The van der Waals surface area contributed by atoms with Crippen molar-refractivity contribution < 1.29 is 18.6 Å². The second-order valence-electron chi connectivity index (χ2n) is 4.39. The normalized spacial score (nSPS) is 10.3. The second kappa shape index (κ2) is 6.45. The first-order valence-corrected chi connectivity index (χ1v) is 6.44. The third-order valence-electron chi connectivity index (χ3n) is 3.28. The second-order valence-corrected chi connectivity index (χ2v) is 4.39. The summed E-state index contributed by atoms with van der Waals surface area (Å²) in [6.07, 6.45) is 0. The number of hydrogen-bond acceptors (Lipinski definition) is 4. The van der Waals surface area contributed by atoms with E-state index in [1.54, 1.807) is 39.5 Å². The molecular formula is C16H18FNO3. The Morgan fingerprint density at radius 3 is 2.24 bits per heavy atom. The quantitative estimate of drug-likeness (QED) is 0.920. The zero-order valence-electron chi connectivity index (χ0n) is 12.3. The van der Waals surface area contributed by atoms with E-state index in [0.29, 0.717) is 22.8 Å². The highest BCUT2D eigenvalue weighted by Gasteiger charge is 2.17. The minimum absolute atomic E-state index is 0.134. The summed E-state index contributed by atoms with van der Waals surface area (Å²) in [4.78, 5) is 0. The molecule has 0 radical (unpaired) electrons. The van der Waals surface area contributed by atoms with Crippen molar-refractivity contribution in [2.24, 2.45) is 5.73 Å². The highest BCUT2D eigenvalue weighted by molar-refractivity contribution is 5.76. The molecule has 0 heterocycles. The van der Waals surface area contributed by atoms with Gasteiger partial charge in [-0.3, -0.25) is 0 Å². The Morgan fingerprint density at radius 1 is 0.952 bits per heavy atom. The van der Waals surface area contributed by atoms with Gasteiger partial charge in [-0.1, -0.05) is 6.07 Å². The van der Waals surface area contributed by atoms with Crippen LogP contribution in [0.5, 0.6) is 17.2 Å². The predicted octanol–water partition coefficient (Wildman–Crippen LogP) is 2.98. The number of benzene rings is 2. The zero-order valence-corrected chi connectivity index (χ0v) is 12.3. The molecule has 2 aromatic rings. The molecule has 0 fully saturated rings. The number of ether oxygens (including phenoxy) is 3. The Labute approximate surface area is 123 Å². The van der Waals surface area contributed by atoms with Gasteiger partial charge in [0.2, 0.25) is 5.75 Å². The molecule has 0 amide bonds. The lowest BCUT2D eigenvalue weighted by Gasteiger charge is -2.16. The van der Waals surface area contributed by atoms with E-state index in [4.69, 9.17) is 19.9 Å². The maximum absolute atomic E-state index is 13.6. The molecule has 0 saturated carbocycles. The average molecular weight is 291 g/mol. The van der Waals surface area contributed by atoms with Crippen LogP contribution >= 0.6 is 0 Å². The van der Waals surface area contributed by atoms with Gasteiger partial charge < -0.3 is 19.9 Å². The summed E-state index contributed by atoms with van der Waals surface area (Å²) >= 11 is 0. The molecule has 2 aromatic carbocycles. The van der Waals surface area contributed by atoms with E-state index in [9.17, 15) is 4.39 Å². The Hall–Kier alpha value is -2.27. The maximum atomic E-state index is 13.6. The summed E-state index contributed by atoms with van der Waals surface area (Å²) < 4.78 is 29.6. The van der Waals surface area contributed by atoms with Crippen molar-refractivity contribution in [1.29, 1.82) is 0 Å². The molecule has 0 aliphatic rings. The van der Waals surface area contributed by atoms with Gasteiger partial charge in [0.25, 0.3) is 0 Å². The standard InChI is InChI=1S/C16H18FNO3/c1-19-14-7-5-12(15(20-2)16(14)21-3)10-4-6-13(17)11(8-10)9-18/h4-8H,9,18H2,1-3H3. The van der Waals surface area contributed by atoms with E-state index >= 15 is 0 Å². The monoisotopic (exact) mass is 291 g/mol. The summed E-state index contributed by atoms with van der Waals surface area (Å²) in [5.41, 5.74) is 7.59. The summed E-state index contributed by atoms with van der Waals surface area (Å²) in [6.45, 7) is 0.134. The minimum Gasteiger partial charge on any atom is -0.493 e. The molecule has 0 saturated heterocycles. The van der Waals surface area contributed by atoms with Crippen molar-refractivity contribution in [1.82, 2.24) is 0 Å². The van der Waals surface area contributed by atoms with Crippen LogP contribution in [0.1, 0.15) is 5.56 Å². The molecule has 0 bridgehead atoms. The first-order valence-electron chi connectivity index (χ1n) is 6.44. The van der Waals surface area contributed by atoms with E-state index in [1.165, 1.54) is 6.07 Å². The van der Waals surface area contributed by atoms with Crippen molar-refractivity contribution in [3.05, 3.63) is 41.7 Å². The molecule has 0 aromatic heterocycles. The number of rotatable bonds is 5. The molecule has 0 aliphatic heterocycles. The number of nitrogens with two attached hydrogens (primary N) is 1. The Bertz CT molecular complexity index is 644. The molecule has 0 unspecified atom stereocenters. The van der Waals surface area contributed by atoms with E-state index < -0.39 is 0 Å². The van der Waals surface area contributed by atoms with Crippen molar-refractivity contribution >= 4 is 0 Å². The van der Waals surface area contributed by atoms with Crippen LogP contribution in [-0.4, -0.2) is 21.3 Å². The van der Waals surface area contributed by atoms with Gasteiger partial charge in [0, 0.05) is 17.7 Å². The van der Waals surface area contributed by atoms with Crippen LogP contribution in [0.4, 0.5) is 4.39 Å². The summed E-state index contributed by atoms with van der Waals surface area (Å²) in [7, 11) is 4.65. The Kier molecular flexibility index (Phi) is 4.65. The minimum atomic E-state index is -0.319. The number of hydrogen-bond donors (Lipinski definition) is 1.